The first-order chi connectivity index (χ1) is 16.2. The molecular weight excluding hydrogens is 468 g/mol. The Morgan fingerprint density at radius 1 is 1.03 bits per heavy atom. The number of aromatic nitrogens is 3. The fraction of sp³-hybridized carbons (Fsp3) is 0.136. The normalized spacial score (nSPS) is 11.3. The molecule has 9 nitrogen and oxygen atoms in total. The molecule has 0 saturated carbocycles. The number of aryl methyl sites for hydroxylation is 1. The Morgan fingerprint density at radius 3 is 2.41 bits per heavy atom. The van der Waals surface area contributed by atoms with Crippen molar-refractivity contribution in [3.8, 4) is 17.0 Å². The maximum atomic E-state index is 14.4. The minimum absolute atomic E-state index is 0.00672. The monoisotopic (exact) mass is 487 g/mol. The average Bonchev–Trinajstić information content (AvgIpc) is 3.13. The van der Waals surface area contributed by atoms with E-state index in [1.165, 1.54) is 49.7 Å². The van der Waals surface area contributed by atoms with Crippen LogP contribution in [-0.4, -0.2) is 30.7 Å². The van der Waals surface area contributed by atoms with E-state index in [4.69, 9.17) is 9.26 Å². The summed E-state index contributed by atoms with van der Waals surface area (Å²) in [6, 6.07) is 9.45. The fourth-order valence-electron chi connectivity index (χ4n) is 3.04. The highest BCUT2D eigenvalue weighted by Gasteiger charge is 2.20. The van der Waals surface area contributed by atoms with E-state index < -0.39 is 21.7 Å². The molecule has 0 unspecified atom stereocenters. The summed E-state index contributed by atoms with van der Waals surface area (Å²) in [6.45, 7) is 3.39. The van der Waals surface area contributed by atoms with E-state index in [2.05, 4.69) is 25.2 Å². The van der Waals surface area contributed by atoms with Crippen molar-refractivity contribution in [3.05, 3.63) is 71.6 Å². The van der Waals surface area contributed by atoms with Crippen LogP contribution >= 0.6 is 0 Å². The molecule has 12 heteroatoms. The third-order valence-corrected chi connectivity index (χ3v) is 6.34. The van der Waals surface area contributed by atoms with Gasteiger partial charge in [0.05, 0.1) is 29.0 Å². The molecule has 0 bridgehead atoms. The Morgan fingerprint density at radius 2 is 1.76 bits per heavy atom. The molecule has 0 aliphatic heterocycles. The van der Waals surface area contributed by atoms with Gasteiger partial charge >= 0.3 is 0 Å². The molecule has 176 valence electrons. The molecule has 2 aromatic heterocycles. The van der Waals surface area contributed by atoms with Crippen LogP contribution in [0.5, 0.6) is 5.75 Å². The molecule has 4 aromatic rings. The minimum Gasteiger partial charge on any atom is -0.496 e. The first-order valence-corrected chi connectivity index (χ1v) is 11.4. The molecule has 0 atom stereocenters. The highest BCUT2D eigenvalue weighted by Crippen LogP contribution is 2.33. The van der Waals surface area contributed by atoms with Crippen LogP contribution in [-0.2, 0) is 10.0 Å². The van der Waals surface area contributed by atoms with Gasteiger partial charge in [0.15, 0.2) is 11.6 Å². The van der Waals surface area contributed by atoms with Gasteiger partial charge in [-0.05, 0) is 56.3 Å². The lowest BCUT2D eigenvalue weighted by Crippen LogP contribution is -2.13. The Bertz CT molecular complexity index is 1460. The summed E-state index contributed by atoms with van der Waals surface area (Å²) in [6.07, 6.45) is 1.37. The zero-order valence-corrected chi connectivity index (χ0v) is 19.1. The molecule has 0 fully saturated rings. The summed E-state index contributed by atoms with van der Waals surface area (Å²) in [5.41, 5.74) is 1.60. The number of sulfonamides is 1. The minimum atomic E-state index is -3.91. The standard InChI is InChI=1S/C22H19F2N5O4S/c1-12-13(2)28-33-21(12)29-34(30,31)15-6-4-14(5-7-15)26-22-25-11-10-17(27-22)19-18(32-3)9-8-16(23)20(19)24/h4-11,29H,1-3H3,(H,25,26,27). The second-order valence-corrected chi connectivity index (χ2v) is 8.86. The average molecular weight is 487 g/mol. The molecule has 4 rings (SSSR count). The lowest BCUT2D eigenvalue weighted by Gasteiger charge is -2.11. The van der Waals surface area contributed by atoms with Crippen LogP contribution in [0.15, 0.2) is 58.1 Å². The number of methoxy groups -OCH3 is 1. The maximum absolute atomic E-state index is 14.4. The highest BCUT2D eigenvalue weighted by molar-refractivity contribution is 7.92. The summed E-state index contributed by atoms with van der Waals surface area (Å²) < 4.78 is 66.0. The number of hydrogen-bond acceptors (Lipinski definition) is 8. The number of nitrogens with one attached hydrogen (secondary N) is 2. The van der Waals surface area contributed by atoms with Gasteiger partial charge in [-0.3, -0.25) is 0 Å². The van der Waals surface area contributed by atoms with Crippen molar-refractivity contribution >= 4 is 27.5 Å². The third kappa shape index (κ3) is 4.53. The van der Waals surface area contributed by atoms with Crippen LogP contribution < -0.4 is 14.8 Å². The van der Waals surface area contributed by atoms with Crippen molar-refractivity contribution < 1.29 is 26.5 Å². The predicted molar refractivity (Wildman–Crippen MR) is 120 cm³/mol. The van der Waals surface area contributed by atoms with E-state index in [1.54, 1.807) is 13.8 Å². The van der Waals surface area contributed by atoms with Crippen LogP contribution in [0.25, 0.3) is 11.3 Å². The fourth-order valence-corrected chi connectivity index (χ4v) is 4.08. The van der Waals surface area contributed by atoms with Gasteiger partial charge in [0.25, 0.3) is 10.0 Å². The van der Waals surface area contributed by atoms with Crippen molar-refractivity contribution in [1.29, 1.82) is 0 Å². The number of ether oxygens (including phenoxy) is 1. The van der Waals surface area contributed by atoms with Crippen molar-refractivity contribution in [2.75, 3.05) is 17.1 Å². The largest absolute Gasteiger partial charge is 0.496 e. The molecule has 0 saturated heterocycles. The molecule has 0 radical (unpaired) electrons. The maximum Gasteiger partial charge on any atom is 0.264 e. The van der Waals surface area contributed by atoms with Crippen molar-refractivity contribution in [2.45, 2.75) is 18.7 Å². The smallest absolute Gasteiger partial charge is 0.264 e. The molecule has 2 aromatic carbocycles. The lowest BCUT2D eigenvalue weighted by molar-refractivity contribution is 0.409. The van der Waals surface area contributed by atoms with E-state index in [-0.39, 0.29) is 33.7 Å². The van der Waals surface area contributed by atoms with E-state index in [0.29, 0.717) is 16.9 Å². The molecule has 2 N–H and O–H groups in total. The number of benzene rings is 2. The molecule has 0 amide bonds. The van der Waals surface area contributed by atoms with Gasteiger partial charge in [-0.15, -0.1) is 0 Å². The summed E-state index contributed by atoms with van der Waals surface area (Å²) in [4.78, 5) is 8.30. The Balaban J connectivity index is 1.56. The van der Waals surface area contributed by atoms with Crippen molar-refractivity contribution in [3.63, 3.8) is 0 Å². The van der Waals surface area contributed by atoms with Gasteiger partial charge in [-0.2, -0.15) is 0 Å². The van der Waals surface area contributed by atoms with Crippen LogP contribution in [0.1, 0.15) is 11.3 Å². The zero-order chi connectivity index (χ0) is 24.5. The summed E-state index contributed by atoms with van der Waals surface area (Å²) in [5, 5.41) is 6.63. The zero-order valence-electron chi connectivity index (χ0n) is 18.3. The first-order valence-electron chi connectivity index (χ1n) is 9.88. The molecule has 34 heavy (non-hydrogen) atoms. The SMILES string of the molecule is COc1ccc(F)c(F)c1-c1ccnc(Nc2ccc(S(=O)(=O)Nc3onc(C)c3C)cc2)n1. The van der Waals surface area contributed by atoms with Gasteiger partial charge in [0, 0.05) is 17.4 Å². The lowest BCUT2D eigenvalue weighted by atomic mass is 10.1. The Kier molecular flexibility index (Phi) is 6.16. The molecular formula is C22H19F2N5O4S. The van der Waals surface area contributed by atoms with E-state index in [9.17, 15) is 17.2 Å². The quantitative estimate of drug-likeness (QED) is 0.389. The number of hydrogen-bond donors (Lipinski definition) is 2. The number of nitrogens with zero attached hydrogens (tertiary/aromatic N) is 3. The first kappa shape index (κ1) is 23.1. The summed E-state index contributed by atoms with van der Waals surface area (Å²) >= 11 is 0. The molecule has 2 heterocycles. The van der Waals surface area contributed by atoms with Gasteiger partial charge < -0.3 is 14.6 Å². The van der Waals surface area contributed by atoms with Crippen LogP contribution in [0.4, 0.5) is 26.3 Å². The summed E-state index contributed by atoms with van der Waals surface area (Å²) in [5.74, 6) is -1.88. The predicted octanol–water partition coefficient (Wildman–Crippen LogP) is 4.58. The van der Waals surface area contributed by atoms with E-state index >= 15 is 0 Å². The van der Waals surface area contributed by atoms with Gasteiger partial charge in [-0.25, -0.2) is 31.9 Å². The van der Waals surface area contributed by atoms with E-state index in [1.807, 2.05) is 0 Å². The van der Waals surface area contributed by atoms with Crippen LogP contribution in [0, 0.1) is 25.5 Å². The number of halogens is 2. The van der Waals surface area contributed by atoms with Gasteiger partial charge in [0.1, 0.15) is 5.75 Å². The van der Waals surface area contributed by atoms with Crippen LogP contribution in [0.2, 0.25) is 0 Å². The van der Waals surface area contributed by atoms with Gasteiger partial charge in [0.2, 0.25) is 11.8 Å². The molecule has 0 aliphatic carbocycles. The van der Waals surface area contributed by atoms with Gasteiger partial charge in [-0.1, -0.05) is 5.16 Å². The molecule has 0 spiro atoms. The second kappa shape index (κ2) is 9.06. The van der Waals surface area contributed by atoms with E-state index in [0.717, 1.165) is 6.07 Å². The second-order valence-electron chi connectivity index (χ2n) is 7.18. The highest BCUT2D eigenvalue weighted by atomic mass is 32.2. The summed E-state index contributed by atoms with van der Waals surface area (Å²) in [7, 11) is -2.57. The molecule has 0 aliphatic rings. The van der Waals surface area contributed by atoms with Crippen molar-refractivity contribution in [1.82, 2.24) is 15.1 Å². The van der Waals surface area contributed by atoms with Crippen LogP contribution in [0.3, 0.4) is 0 Å². The topological polar surface area (TPSA) is 119 Å². The Hall–Kier alpha value is -4.06. The number of anilines is 3. The number of rotatable bonds is 7. The Labute approximate surface area is 193 Å². The third-order valence-electron chi connectivity index (χ3n) is 4.99. The van der Waals surface area contributed by atoms with Crippen molar-refractivity contribution in [2.24, 2.45) is 0 Å².